The predicted octanol–water partition coefficient (Wildman–Crippen LogP) is 11.3. The maximum absolute atomic E-state index is 8.62. The number of aliphatic imine (C=N–C) groups is 1. The van der Waals surface area contributed by atoms with Gasteiger partial charge in [0.05, 0.1) is 22.5 Å². The van der Waals surface area contributed by atoms with E-state index in [1.54, 1.807) is 22.9 Å². The summed E-state index contributed by atoms with van der Waals surface area (Å²) in [6, 6.07) is 31.1. The predicted molar refractivity (Wildman–Crippen MR) is 216 cm³/mol. The van der Waals surface area contributed by atoms with Crippen molar-refractivity contribution in [3.63, 3.8) is 0 Å². The van der Waals surface area contributed by atoms with Gasteiger partial charge in [0.2, 0.25) is 0 Å². The number of nitrogens with zero attached hydrogens (tertiary/aromatic N) is 1. The molecule has 0 aromatic heterocycles. The molecule has 0 saturated heterocycles. The van der Waals surface area contributed by atoms with Gasteiger partial charge in [0.25, 0.3) is 0 Å². The van der Waals surface area contributed by atoms with Gasteiger partial charge in [-0.2, -0.15) is 0 Å². The number of rotatable bonds is 8. The summed E-state index contributed by atoms with van der Waals surface area (Å²) in [5.74, 6) is 3.22. The van der Waals surface area contributed by atoms with Crippen LogP contribution in [0.15, 0.2) is 119 Å². The highest BCUT2D eigenvalue weighted by Crippen LogP contribution is 2.49. The highest BCUT2D eigenvalue weighted by atomic mass is 32.2. The Bertz CT molecular complexity index is 1780. The van der Waals surface area contributed by atoms with E-state index in [0.717, 1.165) is 42.1 Å². The first kappa shape index (κ1) is 34.4. The molecule has 6 unspecified atom stereocenters. The molecule has 3 aromatic carbocycles. The van der Waals surface area contributed by atoms with Gasteiger partial charge < -0.3 is 11.1 Å². The molecule has 1 saturated carbocycles. The second kappa shape index (κ2) is 15.9. The highest BCUT2D eigenvalue weighted by Gasteiger charge is 2.40. The maximum Gasteiger partial charge on any atom is 0.129 e. The van der Waals surface area contributed by atoms with Crippen LogP contribution in [0.2, 0.25) is 0 Å². The monoisotopic (exact) mass is 694 g/mol. The van der Waals surface area contributed by atoms with E-state index >= 15 is 0 Å². The Labute approximate surface area is 309 Å². The van der Waals surface area contributed by atoms with E-state index in [9.17, 15) is 0 Å². The van der Waals surface area contributed by atoms with Crippen LogP contribution in [-0.4, -0.2) is 16.9 Å². The summed E-state index contributed by atoms with van der Waals surface area (Å²) in [4.78, 5) is 5.50. The molecule has 4 nitrogen and oxygen atoms in total. The molecule has 0 bridgehead atoms. The van der Waals surface area contributed by atoms with Crippen molar-refractivity contribution in [2.24, 2.45) is 34.4 Å². The Hall–Kier alpha value is -3.67. The van der Waals surface area contributed by atoms with Crippen molar-refractivity contribution in [1.82, 2.24) is 5.32 Å². The normalized spacial score (nSPS) is 27.5. The van der Waals surface area contributed by atoms with Crippen molar-refractivity contribution in [2.45, 2.75) is 101 Å². The lowest BCUT2D eigenvalue weighted by Crippen LogP contribution is -2.41. The van der Waals surface area contributed by atoms with Gasteiger partial charge in [0.1, 0.15) is 5.84 Å². The molecule has 1 fully saturated rings. The van der Waals surface area contributed by atoms with E-state index in [4.69, 9.17) is 16.1 Å². The summed E-state index contributed by atoms with van der Waals surface area (Å²) in [5.41, 5.74) is 16.4. The fraction of sp³-hybridized carbons (Fsp3) is 0.435. The lowest BCUT2D eigenvalue weighted by molar-refractivity contribution is 0.278. The first-order valence-corrected chi connectivity index (χ1v) is 20.6. The lowest BCUT2D eigenvalue weighted by Gasteiger charge is -2.44. The van der Waals surface area contributed by atoms with Crippen LogP contribution in [0.3, 0.4) is 0 Å². The zero-order valence-corrected chi connectivity index (χ0v) is 30.8. The van der Waals surface area contributed by atoms with Crippen LogP contribution < -0.4 is 11.1 Å². The molecule has 4 aliphatic carbocycles. The van der Waals surface area contributed by atoms with Crippen molar-refractivity contribution in [1.29, 1.82) is 5.41 Å². The van der Waals surface area contributed by atoms with Crippen LogP contribution in [0, 0.1) is 29.1 Å². The van der Waals surface area contributed by atoms with Crippen LogP contribution in [0.4, 0.5) is 0 Å². The number of thioether (sulfide) groups is 1. The zero-order chi connectivity index (χ0) is 34.6. The first-order valence-electron chi connectivity index (χ1n) is 19.8. The molecule has 0 amide bonds. The van der Waals surface area contributed by atoms with Gasteiger partial charge in [-0.15, -0.1) is 0 Å². The van der Waals surface area contributed by atoms with Crippen LogP contribution >= 0.6 is 11.8 Å². The molecule has 0 spiro atoms. The van der Waals surface area contributed by atoms with Crippen molar-refractivity contribution in [3.8, 4) is 0 Å². The standard InChI is InChI=1S/C46H54N4S/c47-44(35-14-6-2-7-15-35)51-45(48)36-26-22-32(23-27-36)31-20-24-33(25-21-31)38-28-29-41(40-19-11-10-18-39(38)40)43-30-42(34-12-4-1-5-13-34)49-46(50-43)37-16-8-3-9-17-37/h1,3-5,8-9,12-13,16-17,20-24,26-27,33,35,38,41-43,45,47H,2,6-7,10-11,14-15,18-19,25,28-30,48H2,(H,49,50). The van der Waals surface area contributed by atoms with Crippen molar-refractivity contribution in [3.05, 3.63) is 137 Å². The number of nitrogens with one attached hydrogen (secondary N) is 2. The number of hydrogen-bond donors (Lipinski definition) is 3. The number of benzene rings is 3. The summed E-state index contributed by atoms with van der Waals surface area (Å²) >= 11 is 1.55. The second-order valence-electron chi connectivity index (χ2n) is 15.6. The Kier molecular flexibility index (Phi) is 10.7. The Balaban J connectivity index is 0.963. The maximum atomic E-state index is 8.62. The zero-order valence-electron chi connectivity index (χ0n) is 30.0. The molecule has 51 heavy (non-hydrogen) atoms. The number of amidine groups is 1. The molecule has 1 heterocycles. The van der Waals surface area contributed by atoms with Crippen LogP contribution in [0.1, 0.15) is 117 Å². The summed E-state index contributed by atoms with van der Waals surface area (Å²) in [6.07, 6.45) is 23.3. The molecule has 0 radical (unpaired) electrons. The molecule has 6 atom stereocenters. The Morgan fingerprint density at radius 1 is 0.765 bits per heavy atom. The quantitative estimate of drug-likeness (QED) is 0.0951. The van der Waals surface area contributed by atoms with E-state index in [1.165, 1.54) is 80.1 Å². The van der Waals surface area contributed by atoms with Crippen LogP contribution in [0.25, 0.3) is 5.57 Å². The minimum absolute atomic E-state index is 0.174. The van der Waals surface area contributed by atoms with Crippen LogP contribution in [0.5, 0.6) is 0 Å². The molecular weight excluding hydrogens is 641 g/mol. The first-order chi connectivity index (χ1) is 25.1. The minimum atomic E-state index is -0.174. The third-order valence-electron chi connectivity index (χ3n) is 12.5. The van der Waals surface area contributed by atoms with Crippen molar-refractivity contribution >= 4 is 28.2 Å². The molecule has 1 aliphatic heterocycles. The smallest absolute Gasteiger partial charge is 0.129 e. The summed E-state index contributed by atoms with van der Waals surface area (Å²) < 4.78 is 0. The average molecular weight is 695 g/mol. The summed E-state index contributed by atoms with van der Waals surface area (Å²) in [7, 11) is 0. The summed E-state index contributed by atoms with van der Waals surface area (Å²) in [6.45, 7) is 0. The van der Waals surface area contributed by atoms with E-state index < -0.39 is 0 Å². The molecule has 264 valence electrons. The van der Waals surface area contributed by atoms with E-state index in [1.807, 2.05) is 0 Å². The van der Waals surface area contributed by atoms with Crippen molar-refractivity contribution in [2.75, 3.05) is 0 Å². The largest absolute Gasteiger partial charge is 0.363 e. The van der Waals surface area contributed by atoms with Gasteiger partial charge in [-0.05, 0) is 98.3 Å². The van der Waals surface area contributed by atoms with Gasteiger partial charge in [0, 0.05) is 17.4 Å². The van der Waals surface area contributed by atoms with Gasteiger partial charge in [-0.25, -0.2) is 0 Å². The topological polar surface area (TPSA) is 74.3 Å². The van der Waals surface area contributed by atoms with Crippen LogP contribution in [-0.2, 0) is 0 Å². The minimum Gasteiger partial charge on any atom is -0.363 e. The van der Waals surface area contributed by atoms with E-state index in [-0.39, 0.29) is 11.4 Å². The molecule has 5 heteroatoms. The molecule has 5 aliphatic rings. The van der Waals surface area contributed by atoms with Gasteiger partial charge >= 0.3 is 0 Å². The highest BCUT2D eigenvalue weighted by molar-refractivity contribution is 8.14. The number of hydrogen-bond acceptors (Lipinski definition) is 5. The SMILES string of the molecule is N=C(SC(N)c1ccc(C2=CCC(C3CCC(C4CC(c5ccccc5)NC(c5ccccc5)=N4)C4=C3CCCC4)C=C2)cc1)C1CCCCC1. The Morgan fingerprint density at radius 3 is 2.16 bits per heavy atom. The fourth-order valence-electron chi connectivity index (χ4n) is 9.72. The van der Waals surface area contributed by atoms with Gasteiger partial charge in [0.15, 0.2) is 0 Å². The summed E-state index contributed by atoms with van der Waals surface area (Å²) in [5, 5.41) is 13.1. The third-order valence-corrected chi connectivity index (χ3v) is 13.6. The molecule has 4 N–H and O–H groups in total. The van der Waals surface area contributed by atoms with Gasteiger partial charge in [-0.1, -0.05) is 145 Å². The Morgan fingerprint density at radius 2 is 1.45 bits per heavy atom. The third kappa shape index (κ3) is 7.76. The lowest BCUT2D eigenvalue weighted by atomic mass is 9.64. The molecule has 8 rings (SSSR count). The molecule has 3 aromatic rings. The number of nitrogens with two attached hydrogens (primary N) is 1. The van der Waals surface area contributed by atoms with Gasteiger partial charge in [-0.3, -0.25) is 10.4 Å². The van der Waals surface area contributed by atoms with E-state index in [2.05, 4.69) is 108 Å². The molecular formula is C46H54N4S. The van der Waals surface area contributed by atoms with Crippen molar-refractivity contribution < 1.29 is 0 Å². The fourth-order valence-corrected chi connectivity index (χ4v) is 10.7. The average Bonchev–Trinajstić information content (AvgIpc) is 3.21. The van der Waals surface area contributed by atoms with E-state index in [0.29, 0.717) is 29.7 Å². The second-order valence-corrected chi connectivity index (χ2v) is 16.8. The number of allylic oxidation sites excluding steroid dienone is 5.